The topological polar surface area (TPSA) is 90.2 Å². The van der Waals surface area contributed by atoms with Crippen molar-refractivity contribution < 1.29 is 13.2 Å². The van der Waals surface area contributed by atoms with Crippen LogP contribution in [0.2, 0.25) is 0 Å². The van der Waals surface area contributed by atoms with E-state index in [1.807, 2.05) is 59.3 Å². The first kappa shape index (κ1) is 20.6. The van der Waals surface area contributed by atoms with Crippen molar-refractivity contribution in [3.8, 4) is 22.8 Å². The van der Waals surface area contributed by atoms with Gasteiger partial charge in [-0.3, -0.25) is 0 Å². The lowest BCUT2D eigenvalue weighted by Gasteiger charge is -2.31. The molecule has 0 aliphatic carbocycles. The number of sulfonamides is 1. The SMILES string of the molecule is CS(=O)(=O)N1CCC[C@@H](n2nc(-c3ccc(Oc4ccccc4)cc3)c3cncnc32)C1. The Morgan fingerprint density at radius 2 is 1.78 bits per heavy atom. The number of nitrogens with zero attached hydrogens (tertiary/aromatic N) is 5. The molecule has 4 aromatic rings. The fourth-order valence-corrected chi connectivity index (χ4v) is 4.98. The number of para-hydroxylation sites is 1. The van der Waals surface area contributed by atoms with Crippen LogP contribution in [0, 0.1) is 0 Å². The molecular formula is C23H23N5O3S. The molecule has 0 saturated carbocycles. The van der Waals surface area contributed by atoms with Crippen LogP contribution in [0.4, 0.5) is 0 Å². The largest absolute Gasteiger partial charge is 0.457 e. The number of fused-ring (bicyclic) bond motifs is 1. The molecule has 0 bridgehead atoms. The van der Waals surface area contributed by atoms with Crippen molar-refractivity contribution in [1.82, 2.24) is 24.1 Å². The summed E-state index contributed by atoms with van der Waals surface area (Å²) in [5, 5.41) is 5.70. The summed E-state index contributed by atoms with van der Waals surface area (Å²) in [6, 6.07) is 17.3. The van der Waals surface area contributed by atoms with Crippen LogP contribution >= 0.6 is 0 Å². The molecule has 1 saturated heterocycles. The summed E-state index contributed by atoms with van der Waals surface area (Å²) < 4.78 is 33.4. The predicted molar refractivity (Wildman–Crippen MR) is 122 cm³/mol. The molecule has 0 amide bonds. The second-order valence-electron chi connectivity index (χ2n) is 7.91. The number of benzene rings is 2. The number of hydrogen-bond acceptors (Lipinski definition) is 6. The maximum atomic E-state index is 12.1. The van der Waals surface area contributed by atoms with Gasteiger partial charge in [0.25, 0.3) is 0 Å². The van der Waals surface area contributed by atoms with E-state index in [2.05, 4.69) is 9.97 Å². The Kier molecular flexibility index (Phi) is 5.36. The molecule has 9 heteroatoms. The highest BCUT2D eigenvalue weighted by Crippen LogP contribution is 2.32. The Bertz CT molecular complexity index is 1340. The van der Waals surface area contributed by atoms with E-state index in [1.165, 1.54) is 16.9 Å². The van der Waals surface area contributed by atoms with Gasteiger partial charge in [-0.15, -0.1) is 0 Å². The van der Waals surface area contributed by atoms with E-state index in [0.717, 1.165) is 41.0 Å². The summed E-state index contributed by atoms with van der Waals surface area (Å²) in [5.74, 6) is 1.51. The monoisotopic (exact) mass is 449 g/mol. The van der Waals surface area contributed by atoms with Crippen LogP contribution in [0.3, 0.4) is 0 Å². The fraction of sp³-hybridized carbons (Fsp3) is 0.261. The van der Waals surface area contributed by atoms with Crippen molar-refractivity contribution in [3.05, 3.63) is 67.1 Å². The molecule has 1 aliphatic rings. The molecule has 1 atom stereocenters. The van der Waals surface area contributed by atoms with E-state index in [1.54, 1.807) is 6.20 Å². The third-order valence-electron chi connectivity index (χ3n) is 5.65. The van der Waals surface area contributed by atoms with Gasteiger partial charge < -0.3 is 4.74 Å². The van der Waals surface area contributed by atoms with Crippen LogP contribution in [0.5, 0.6) is 11.5 Å². The molecule has 0 spiro atoms. The number of rotatable bonds is 5. The van der Waals surface area contributed by atoms with Gasteiger partial charge in [0.15, 0.2) is 5.65 Å². The molecule has 0 unspecified atom stereocenters. The summed E-state index contributed by atoms with van der Waals surface area (Å²) in [6.07, 6.45) is 6.13. The highest BCUT2D eigenvalue weighted by atomic mass is 32.2. The standard InChI is InChI=1S/C23H23N5O3S/c1-32(29,30)27-13-5-6-18(15-27)28-23-21(14-24-16-25-23)22(26-28)17-9-11-20(12-10-17)31-19-7-3-2-4-8-19/h2-4,7-12,14,16,18H,5-6,13,15H2,1H3/t18-/m1/s1. The highest BCUT2D eigenvalue weighted by Gasteiger charge is 2.29. The lowest BCUT2D eigenvalue weighted by Crippen LogP contribution is -2.40. The zero-order valence-corrected chi connectivity index (χ0v) is 18.4. The average Bonchev–Trinajstić information content (AvgIpc) is 3.20. The minimum absolute atomic E-state index is 0.0784. The zero-order chi connectivity index (χ0) is 22.1. The maximum absolute atomic E-state index is 12.1. The van der Waals surface area contributed by atoms with Gasteiger partial charge >= 0.3 is 0 Å². The molecule has 1 fully saturated rings. The highest BCUT2D eigenvalue weighted by molar-refractivity contribution is 7.88. The van der Waals surface area contributed by atoms with E-state index in [4.69, 9.17) is 9.84 Å². The average molecular weight is 450 g/mol. The van der Waals surface area contributed by atoms with Crippen molar-refractivity contribution in [1.29, 1.82) is 0 Å². The molecule has 164 valence electrons. The van der Waals surface area contributed by atoms with Crippen LogP contribution in [0.25, 0.3) is 22.3 Å². The van der Waals surface area contributed by atoms with Crippen molar-refractivity contribution in [2.75, 3.05) is 19.3 Å². The molecule has 0 N–H and O–H groups in total. The molecule has 5 rings (SSSR count). The van der Waals surface area contributed by atoms with Gasteiger partial charge in [-0.05, 0) is 49.2 Å². The Hall–Kier alpha value is -3.30. The number of hydrogen-bond donors (Lipinski definition) is 0. The van der Waals surface area contributed by atoms with Gasteiger partial charge in [0, 0.05) is 24.8 Å². The molecule has 2 aromatic heterocycles. The Morgan fingerprint density at radius 1 is 1.03 bits per heavy atom. The predicted octanol–water partition coefficient (Wildman–Crippen LogP) is 3.88. The third kappa shape index (κ3) is 4.09. The summed E-state index contributed by atoms with van der Waals surface area (Å²) in [7, 11) is -3.25. The molecule has 3 heterocycles. The molecule has 1 aliphatic heterocycles. The molecular weight excluding hydrogens is 426 g/mol. The van der Waals surface area contributed by atoms with E-state index in [9.17, 15) is 8.42 Å². The van der Waals surface area contributed by atoms with Gasteiger partial charge in [0.05, 0.1) is 17.7 Å². The van der Waals surface area contributed by atoms with Gasteiger partial charge in [0.1, 0.15) is 23.5 Å². The van der Waals surface area contributed by atoms with E-state index in [-0.39, 0.29) is 6.04 Å². The van der Waals surface area contributed by atoms with Gasteiger partial charge in [-0.1, -0.05) is 18.2 Å². The van der Waals surface area contributed by atoms with Crippen LogP contribution in [-0.4, -0.2) is 51.8 Å². The van der Waals surface area contributed by atoms with E-state index < -0.39 is 10.0 Å². The van der Waals surface area contributed by atoms with Gasteiger partial charge in [0.2, 0.25) is 10.0 Å². The number of aromatic nitrogens is 4. The second-order valence-corrected chi connectivity index (χ2v) is 9.89. The van der Waals surface area contributed by atoms with Gasteiger partial charge in [-0.2, -0.15) is 5.10 Å². The lowest BCUT2D eigenvalue weighted by molar-refractivity contribution is 0.259. The summed E-state index contributed by atoms with van der Waals surface area (Å²) in [6.45, 7) is 0.933. The first-order valence-electron chi connectivity index (χ1n) is 10.5. The van der Waals surface area contributed by atoms with Crippen molar-refractivity contribution in [2.45, 2.75) is 18.9 Å². The van der Waals surface area contributed by atoms with Crippen molar-refractivity contribution >= 4 is 21.1 Å². The van der Waals surface area contributed by atoms with Crippen LogP contribution < -0.4 is 4.74 Å². The molecule has 32 heavy (non-hydrogen) atoms. The number of ether oxygens (including phenoxy) is 1. The molecule has 2 aromatic carbocycles. The van der Waals surface area contributed by atoms with Crippen LogP contribution in [0.15, 0.2) is 67.1 Å². The first-order chi connectivity index (χ1) is 15.5. The quantitative estimate of drug-likeness (QED) is 0.459. The van der Waals surface area contributed by atoms with Crippen molar-refractivity contribution in [2.24, 2.45) is 0 Å². The molecule has 8 nitrogen and oxygen atoms in total. The minimum atomic E-state index is -3.25. The summed E-state index contributed by atoms with van der Waals surface area (Å²) in [5.41, 5.74) is 2.39. The van der Waals surface area contributed by atoms with E-state index in [0.29, 0.717) is 18.7 Å². The second kappa shape index (κ2) is 8.33. The van der Waals surface area contributed by atoms with Crippen molar-refractivity contribution in [3.63, 3.8) is 0 Å². The van der Waals surface area contributed by atoms with Gasteiger partial charge in [-0.25, -0.2) is 27.4 Å². The minimum Gasteiger partial charge on any atom is -0.457 e. The zero-order valence-electron chi connectivity index (χ0n) is 17.6. The fourth-order valence-electron chi connectivity index (χ4n) is 4.08. The van der Waals surface area contributed by atoms with Crippen LogP contribution in [-0.2, 0) is 10.0 Å². The Morgan fingerprint density at radius 3 is 2.53 bits per heavy atom. The maximum Gasteiger partial charge on any atom is 0.211 e. The molecule has 0 radical (unpaired) electrons. The third-order valence-corrected chi connectivity index (χ3v) is 6.92. The smallest absolute Gasteiger partial charge is 0.211 e. The summed E-state index contributed by atoms with van der Waals surface area (Å²) in [4.78, 5) is 8.65. The van der Waals surface area contributed by atoms with E-state index >= 15 is 0 Å². The Labute approximate surface area is 186 Å². The lowest BCUT2D eigenvalue weighted by atomic mass is 10.1. The Balaban J connectivity index is 1.48. The normalized spacial score (nSPS) is 17.5. The first-order valence-corrected chi connectivity index (χ1v) is 12.3. The number of piperidine rings is 1. The van der Waals surface area contributed by atoms with Crippen LogP contribution in [0.1, 0.15) is 18.9 Å². The summed E-state index contributed by atoms with van der Waals surface area (Å²) >= 11 is 0.